The molecular weight excluding hydrogens is 606 g/mol. The zero-order chi connectivity index (χ0) is 33.3. The molecular formula is C35H37N3O9. The van der Waals surface area contributed by atoms with Crippen LogP contribution in [0.25, 0.3) is 6.08 Å². The molecule has 2 amide bonds. The number of ether oxygens (including phenoxy) is 3. The fourth-order valence-electron chi connectivity index (χ4n) is 5.60. The van der Waals surface area contributed by atoms with Gasteiger partial charge in [-0.3, -0.25) is 14.4 Å². The Labute approximate surface area is 271 Å². The van der Waals surface area contributed by atoms with Crippen molar-refractivity contribution >= 4 is 35.5 Å². The number of Topliss-reactive ketones (excluding diaryl/α,β-unsaturated/α-hetero) is 1. The third-order valence-corrected chi connectivity index (χ3v) is 7.97. The van der Waals surface area contributed by atoms with Crippen LogP contribution >= 0.6 is 0 Å². The van der Waals surface area contributed by atoms with Crippen LogP contribution in [0.5, 0.6) is 23.0 Å². The van der Waals surface area contributed by atoms with Crippen LogP contribution in [0.4, 0.5) is 5.82 Å². The number of aromatic nitrogens is 1. The Morgan fingerprint density at radius 2 is 1.83 bits per heavy atom. The predicted molar refractivity (Wildman–Crippen MR) is 171 cm³/mol. The second-order valence-corrected chi connectivity index (χ2v) is 11.5. The van der Waals surface area contributed by atoms with E-state index in [9.17, 15) is 29.4 Å². The summed E-state index contributed by atoms with van der Waals surface area (Å²) in [5, 5.41) is 28.3. The summed E-state index contributed by atoms with van der Waals surface area (Å²) in [5.74, 6) is -2.36. The third kappa shape index (κ3) is 8.46. The minimum absolute atomic E-state index is 0.00911. The molecule has 3 heterocycles. The topological polar surface area (TPSA) is 173 Å². The summed E-state index contributed by atoms with van der Waals surface area (Å²) < 4.78 is 16.7. The quantitative estimate of drug-likeness (QED) is 0.257. The smallest absolute Gasteiger partial charge is 0.342 e. The Morgan fingerprint density at radius 3 is 2.64 bits per heavy atom. The van der Waals surface area contributed by atoms with E-state index in [0.29, 0.717) is 61.4 Å². The molecule has 12 nitrogen and oxygen atoms in total. The first-order valence-corrected chi connectivity index (χ1v) is 15.5. The molecule has 0 saturated carbocycles. The zero-order valence-electron chi connectivity index (χ0n) is 26.0. The minimum Gasteiger partial charge on any atom is -0.507 e. The van der Waals surface area contributed by atoms with Crippen LogP contribution in [-0.4, -0.2) is 58.2 Å². The maximum Gasteiger partial charge on any atom is 0.342 e. The van der Waals surface area contributed by atoms with Gasteiger partial charge in [-0.1, -0.05) is 24.3 Å². The molecule has 2 aromatic carbocycles. The second-order valence-electron chi connectivity index (χ2n) is 11.5. The van der Waals surface area contributed by atoms with Crippen LogP contribution in [0.3, 0.4) is 0 Å². The largest absolute Gasteiger partial charge is 0.507 e. The van der Waals surface area contributed by atoms with E-state index in [2.05, 4.69) is 15.6 Å². The number of fused-ring (bicyclic) bond motifs is 2. The molecule has 1 aromatic heterocycles. The van der Waals surface area contributed by atoms with Gasteiger partial charge < -0.3 is 35.1 Å². The number of amides is 2. The number of benzene rings is 2. The summed E-state index contributed by atoms with van der Waals surface area (Å²) in [4.78, 5) is 55.5. The first-order chi connectivity index (χ1) is 22.7. The average molecular weight is 644 g/mol. The Bertz CT molecular complexity index is 1670. The highest BCUT2D eigenvalue weighted by molar-refractivity contribution is 5.98. The number of phenols is 2. The van der Waals surface area contributed by atoms with E-state index in [1.807, 2.05) is 0 Å². The van der Waals surface area contributed by atoms with Gasteiger partial charge in [-0.25, -0.2) is 9.78 Å². The van der Waals surface area contributed by atoms with Crippen molar-refractivity contribution < 1.29 is 43.6 Å². The SMILES string of the molecule is C[C@H]1CCCC(=O)CCC/C=C/c2cc(O)c(C(CC(=O)NCC(=O)Nc3ccccn3)c3ccc4c(c3)OCO4)c(O)c2C(=O)O1. The molecule has 0 saturated heterocycles. The molecule has 1 unspecified atom stereocenters. The molecule has 0 fully saturated rings. The lowest BCUT2D eigenvalue weighted by atomic mass is 9.84. The van der Waals surface area contributed by atoms with E-state index in [-0.39, 0.29) is 48.0 Å². The fraction of sp³-hybridized carbons (Fsp3) is 0.343. The number of anilines is 1. The minimum atomic E-state index is -0.984. The van der Waals surface area contributed by atoms with E-state index in [1.165, 1.54) is 12.3 Å². The Morgan fingerprint density at radius 1 is 1.02 bits per heavy atom. The lowest BCUT2D eigenvalue weighted by Crippen LogP contribution is -2.33. The van der Waals surface area contributed by atoms with Crippen molar-refractivity contribution in [3.63, 3.8) is 0 Å². The standard InChI is InChI=1S/C35H37N3O9/c1-21-8-7-11-24(39)10-4-2-3-9-23-16-26(40)33(34(43)32(23)35(44)47-21)25(22-13-14-27-28(17-22)46-20-45-27)18-30(41)37-19-31(42)38-29-12-5-6-15-36-29/h3,5-6,9,12-17,21,25,40,43H,2,4,7-8,10-11,18-20H2,1H3,(H,37,41)(H,36,38,42)/b9-3+/t21-,25?/m0/s1. The highest BCUT2D eigenvalue weighted by atomic mass is 16.7. The molecule has 47 heavy (non-hydrogen) atoms. The second kappa shape index (κ2) is 15.3. The lowest BCUT2D eigenvalue weighted by Gasteiger charge is -2.23. The van der Waals surface area contributed by atoms with E-state index >= 15 is 0 Å². The van der Waals surface area contributed by atoms with Gasteiger partial charge in [-0.05, 0) is 74.1 Å². The number of nitrogens with one attached hydrogen (secondary N) is 2. The zero-order valence-corrected chi connectivity index (χ0v) is 26.0. The summed E-state index contributed by atoms with van der Waals surface area (Å²) in [6, 6.07) is 11.3. The summed E-state index contributed by atoms with van der Waals surface area (Å²) in [6.07, 6.45) is 7.07. The summed E-state index contributed by atoms with van der Waals surface area (Å²) in [5.41, 5.74) is 0.482. The van der Waals surface area contributed by atoms with Crippen LogP contribution in [0, 0.1) is 0 Å². The van der Waals surface area contributed by atoms with Crippen molar-refractivity contribution in [3.05, 3.63) is 77.0 Å². The van der Waals surface area contributed by atoms with Crippen molar-refractivity contribution in [3.8, 4) is 23.0 Å². The maximum atomic E-state index is 13.6. The van der Waals surface area contributed by atoms with Crippen molar-refractivity contribution in [2.24, 2.45) is 0 Å². The number of aromatic hydroxyl groups is 2. The van der Waals surface area contributed by atoms with Gasteiger partial charge in [0.05, 0.1) is 12.6 Å². The number of nitrogens with zero attached hydrogens (tertiary/aromatic N) is 1. The number of hydrogen-bond acceptors (Lipinski definition) is 10. The Kier molecular flexibility index (Phi) is 10.7. The van der Waals surface area contributed by atoms with Gasteiger partial charge in [0.1, 0.15) is 28.7 Å². The molecule has 12 heteroatoms. The number of rotatable bonds is 7. The molecule has 5 rings (SSSR count). The van der Waals surface area contributed by atoms with Crippen molar-refractivity contribution in [2.45, 2.75) is 63.9 Å². The lowest BCUT2D eigenvalue weighted by molar-refractivity contribution is -0.124. The van der Waals surface area contributed by atoms with Crippen LogP contribution in [0.1, 0.15) is 84.8 Å². The number of hydrogen-bond donors (Lipinski definition) is 4. The van der Waals surface area contributed by atoms with Crippen LogP contribution < -0.4 is 20.1 Å². The summed E-state index contributed by atoms with van der Waals surface area (Å²) >= 11 is 0. The first-order valence-electron chi connectivity index (χ1n) is 15.5. The molecule has 2 aliphatic heterocycles. The molecule has 3 aromatic rings. The molecule has 4 N–H and O–H groups in total. The number of ketones is 1. The highest BCUT2D eigenvalue weighted by Crippen LogP contribution is 2.46. The van der Waals surface area contributed by atoms with Crippen LogP contribution in [0.2, 0.25) is 0 Å². The highest BCUT2D eigenvalue weighted by Gasteiger charge is 2.32. The van der Waals surface area contributed by atoms with E-state index < -0.39 is 35.6 Å². The van der Waals surface area contributed by atoms with Gasteiger partial charge >= 0.3 is 5.97 Å². The summed E-state index contributed by atoms with van der Waals surface area (Å²) in [7, 11) is 0. The molecule has 0 spiro atoms. The Balaban J connectivity index is 1.48. The number of allylic oxidation sites excluding steroid dienone is 1. The van der Waals surface area contributed by atoms with Crippen molar-refractivity contribution in [1.82, 2.24) is 10.3 Å². The monoisotopic (exact) mass is 643 g/mol. The molecule has 0 bridgehead atoms. The number of esters is 1. The van der Waals surface area contributed by atoms with Crippen LogP contribution in [0.15, 0.2) is 54.7 Å². The maximum absolute atomic E-state index is 13.6. The van der Waals surface area contributed by atoms with Gasteiger partial charge in [0.2, 0.25) is 18.6 Å². The number of pyridine rings is 1. The van der Waals surface area contributed by atoms with Crippen molar-refractivity contribution in [2.75, 3.05) is 18.7 Å². The first kappa shape index (κ1) is 33.0. The number of carbonyl (C=O) groups excluding carboxylic acids is 4. The summed E-state index contributed by atoms with van der Waals surface area (Å²) in [6.45, 7) is 1.37. The normalized spacial score (nSPS) is 17.9. The third-order valence-electron chi connectivity index (χ3n) is 7.97. The van der Waals surface area contributed by atoms with Gasteiger partial charge in [-0.15, -0.1) is 0 Å². The number of carbonyl (C=O) groups is 4. The van der Waals surface area contributed by atoms with Gasteiger partial charge in [0.15, 0.2) is 11.5 Å². The molecule has 0 radical (unpaired) electrons. The molecule has 2 atom stereocenters. The van der Waals surface area contributed by atoms with Gasteiger partial charge in [0, 0.05) is 36.9 Å². The number of cyclic esters (lactones) is 1. The van der Waals surface area contributed by atoms with Gasteiger partial charge in [-0.2, -0.15) is 0 Å². The molecule has 246 valence electrons. The van der Waals surface area contributed by atoms with E-state index in [0.717, 1.165) is 0 Å². The van der Waals surface area contributed by atoms with Gasteiger partial charge in [0.25, 0.3) is 0 Å². The fourth-order valence-corrected chi connectivity index (χ4v) is 5.60. The predicted octanol–water partition coefficient (Wildman–Crippen LogP) is 4.98. The van der Waals surface area contributed by atoms with E-state index in [4.69, 9.17) is 14.2 Å². The molecule has 0 aliphatic carbocycles. The van der Waals surface area contributed by atoms with E-state index in [1.54, 1.807) is 55.5 Å². The number of phenolic OH excluding ortho intramolecular Hbond substituents is 2. The van der Waals surface area contributed by atoms with Crippen LogP contribution in [-0.2, 0) is 19.1 Å². The average Bonchev–Trinajstić information content (AvgIpc) is 3.51. The molecule has 2 aliphatic rings. The Hall–Kier alpha value is -5.39. The van der Waals surface area contributed by atoms with Crippen molar-refractivity contribution in [1.29, 1.82) is 0 Å².